The van der Waals surface area contributed by atoms with Crippen LogP contribution in [0.1, 0.15) is 18.5 Å². The van der Waals surface area contributed by atoms with Crippen LogP contribution >= 0.6 is 0 Å². The second kappa shape index (κ2) is 9.94. The van der Waals surface area contributed by atoms with Crippen molar-refractivity contribution in [2.75, 3.05) is 32.1 Å². The summed E-state index contributed by atoms with van der Waals surface area (Å²) in [4.78, 5) is 26.0. The van der Waals surface area contributed by atoms with Gasteiger partial charge >= 0.3 is 5.97 Å². The fraction of sp³-hybridized carbons (Fsp3) is 0.273. The van der Waals surface area contributed by atoms with Crippen LogP contribution < -0.4 is 10.0 Å². The molecule has 1 heterocycles. The molecule has 1 aliphatic heterocycles. The van der Waals surface area contributed by atoms with E-state index in [-0.39, 0.29) is 35.9 Å². The number of β-amino-alcohol motifs (C(OH)–C–C–N with tert-alkyl or cyclic N) is 1. The Morgan fingerprint density at radius 3 is 2.41 bits per heavy atom. The predicted molar refractivity (Wildman–Crippen MR) is 118 cm³/mol. The van der Waals surface area contributed by atoms with E-state index in [0.717, 1.165) is 5.56 Å². The molecule has 2 aromatic rings. The Hall–Kier alpha value is -3.21. The van der Waals surface area contributed by atoms with Gasteiger partial charge in [0.2, 0.25) is 10.0 Å². The average Bonchev–Trinajstić information content (AvgIpc) is 3.09. The number of nitrogens with zero attached hydrogens (tertiary/aromatic N) is 1. The van der Waals surface area contributed by atoms with Crippen LogP contribution in [-0.4, -0.2) is 57.1 Å². The van der Waals surface area contributed by atoms with Gasteiger partial charge < -0.3 is 20.1 Å². The lowest BCUT2D eigenvalue weighted by atomic mass is 10.1. The summed E-state index contributed by atoms with van der Waals surface area (Å²) in [5, 5.41) is 12.0. The van der Waals surface area contributed by atoms with Crippen LogP contribution in [0.5, 0.6) is 0 Å². The van der Waals surface area contributed by atoms with Crippen LogP contribution in [0.15, 0.2) is 70.8 Å². The first-order valence-corrected chi connectivity index (χ1v) is 11.4. The summed E-state index contributed by atoms with van der Waals surface area (Å²) < 4.78 is 32.8. The van der Waals surface area contributed by atoms with Crippen molar-refractivity contribution >= 4 is 27.6 Å². The molecule has 0 radical (unpaired) electrons. The van der Waals surface area contributed by atoms with Crippen molar-refractivity contribution in [1.29, 1.82) is 0 Å². The number of aliphatic hydroxyl groups is 1. The molecular formula is C22H25N3O6S. The van der Waals surface area contributed by atoms with E-state index in [1.807, 2.05) is 30.3 Å². The van der Waals surface area contributed by atoms with Crippen LogP contribution in [0.4, 0.5) is 5.69 Å². The van der Waals surface area contributed by atoms with Gasteiger partial charge in [0, 0.05) is 18.3 Å². The standard InChI is InChI=1S/C22H25N3O6S/c1-15(16-6-4-3-5-7-16)24-32(29,30)18-10-8-17(9-11-18)23-20-19(22(28)31-2)14-25(12-13-26)21(20)27/h3-11,15,23-24,26H,12-14H2,1-2H3. The lowest BCUT2D eigenvalue weighted by Crippen LogP contribution is -2.31. The molecule has 0 aromatic heterocycles. The lowest BCUT2D eigenvalue weighted by Gasteiger charge is -2.16. The number of amides is 1. The van der Waals surface area contributed by atoms with Gasteiger partial charge in [0.1, 0.15) is 5.70 Å². The molecule has 32 heavy (non-hydrogen) atoms. The van der Waals surface area contributed by atoms with E-state index in [4.69, 9.17) is 9.84 Å². The number of hydrogen-bond donors (Lipinski definition) is 3. The first-order chi connectivity index (χ1) is 15.3. The van der Waals surface area contributed by atoms with E-state index >= 15 is 0 Å². The zero-order valence-corrected chi connectivity index (χ0v) is 18.6. The zero-order valence-electron chi connectivity index (χ0n) is 17.7. The fourth-order valence-corrected chi connectivity index (χ4v) is 4.55. The molecule has 0 spiro atoms. The van der Waals surface area contributed by atoms with Crippen molar-refractivity contribution in [3.63, 3.8) is 0 Å². The number of esters is 1. The predicted octanol–water partition coefficient (Wildman–Crippen LogP) is 1.40. The van der Waals surface area contributed by atoms with Gasteiger partial charge in [-0.25, -0.2) is 17.9 Å². The smallest absolute Gasteiger partial charge is 0.337 e. The average molecular weight is 460 g/mol. The SMILES string of the molecule is COC(=O)C1=C(Nc2ccc(S(=O)(=O)NC(C)c3ccccc3)cc2)C(=O)N(CCO)C1. The molecule has 9 nitrogen and oxygen atoms in total. The topological polar surface area (TPSA) is 125 Å². The number of aliphatic hydroxyl groups excluding tert-OH is 1. The molecular weight excluding hydrogens is 434 g/mol. The number of carbonyl (C=O) groups excluding carboxylic acids is 2. The minimum absolute atomic E-state index is 0.0160. The first-order valence-electron chi connectivity index (χ1n) is 9.92. The fourth-order valence-electron chi connectivity index (χ4n) is 3.32. The maximum absolute atomic E-state index is 12.7. The maximum Gasteiger partial charge on any atom is 0.337 e. The molecule has 0 bridgehead atoms. The van der Waals surface area contributed by atoms with Crippen LogP contribution in [0.2, 0.25) is 0 Å². The summed E-state index contributed by atoms with van der Waals surface area (Å²) >= 11 is 0. The van der Waals surface area contributed by atoms with Crippen LogP contribution in [0.25, 0.3) is 0 Å². The van der Waals surface area contributed by atoms with Crippen molar-refractivity contribution in [3.8, 4) is 0 Å². The van der Waals surface area contributed by atoms with Crippen LogP contribution in [-0.2, 0) is 24.3 Å². The molecule has 1 atom stereocenters. The Balaban J connectivity index is 1.77. The molecule has 1 aliphatic rings. The van der Waals surface area contributed by atoms with Gasteiger partial charge in [0.15, 0.2) is 0 Å². The van der Waals surface area contributed by atoms with Gasteiger partial charge in [-0.15, -0.1) is 0 Å². The maximum atomic E-state index is 12.7. The molecule has 1 amide bonds. The number of carbonyl (C=O) groups is 2. The molecule has 0 saturated heterocycles. The number of hydrogen-bond acceptors (Lipinski definition) is 7. The Morgan fingerprint density at radius 1 is 1.16 bits per heavy atom. The summed E-state index contributed by atoms with van der Waals surface area (Å²) in [6, 6.07) is 14.6. The first kappa shape index (κ1) is 23.5. The van der Waals surface area contributed by atoms with Gasteiger partial charge in [-0.2, -0.15) is 0 Å². The summed E-state index contributed by atoms with van der Waals surface area (Å²) in [6.07, 6.45) is 0. The van der Waals surface area contributed by atoms with E-state index in [2.05, 4.69) is 10.0 Å². The molecule has 0 fully saturated rings. The Labute approximate surface area is 186 Å². The Morgan fingerprint density at radius 2 is 1.81 bits per heavy atom. The van der Waals surface area contributed by atoms with Gasteiger partial charge in [0.25, 0.3) is 5.91 Å². The molecule has 3 rings (SSSR count). The van der Waals surface area contributed by atoms with Crippen LogP contribution in [0, 0.1) is 0 Å². The number of sulfonamides is 1. The monoisotopic (exact) mass is 459 g/mol. The quantitative estimate of drug-likeness (QED) is 0.484. The zero-order chi connectivity index (χ0) is 23.3. The van der Waals surface area contributed by atoms with E-state index in [9.17, 15) is 18.0 Å². The molecule has 170 valence electrons. The van der Waals surface area contributed by atoms with E-state index in [1.54, 1.807) is 6.92 Å². The lowest BCUT2D eigenvalue weighted by molar-refractivity contribution is -0.136. The second-order valence-corrected chi connectivity index (χ2v) is 8.91. The molecule has 2 aromatic carbocycles. The summed E-state index contributed by atoms with van der Waals surface area (Å²) in [5.74, 6) is -1.10. The van der Waals surface area contributed by atoms with Crippen molar-refractivity contribution in [2.24, 2.45) is 0 Å². The molecule has 0 saturated carbocycles. The Kier molecular flexibility index (Phi) is 7.29. The van der Waals surface area contributed by atoms with Gasteiger partial charge in [-0.3, -0.25) is 4.79 Å². The number of benzene rings is 2. The Bertz CT molecular complexity index is 1110. The highest BCUT2D eigenvalue weighted by molar-refractivity contribution is 7.89. The number of nitrogens with one attached hydrogen (secondary N) is 2. The van der Waals surface area contributed by atoms with Gasteiger partial charge in [-0.05, 0) is 36.8 Å². The highest BCUT2D eigenvalue weighted by Gasteiger charge is 2.34. The van der Waals surface area contributed by atoms with E-state index in [1.165, 1.54) is 36.3 Å². The third-order valence-electron chi connectivity index (χ3n) is 5.02. The van der Waals surface area contributed by atoms with Crippen molar-refractivity contribution < 1.29 is 27.9 Å². The van der Waals surface area contributed by atoms with Gasteiger partial charge in [-0.1, -0.05) is 30.3 Å². The van der Waals surface area contributed by atoms with E-state index < -0.39 is 27.9 Å². The van der Waals surface area contributed by atoms with Gasteiger partial charge in [0.05, 0.1) is 30.7 Å². The second-order valence-electron chi connectivity index (χ2n) is 7.20. The number of methoxy groups -OCH3 is 1. The molecule has 3 N–H and O–H groups in total. The molecule has 1 unspecified atom stereocenters. The largest absolute Gasteiger partial charge is 0.466 e. The third-order valence-corrected chi connectivity index (χ3v) is 6.58. The van der Waals surface area contributed by atoms with Crippen molar-refractivity contribution in [2.45, 2.75) is 17.9 Å². The normalized spacial score (nSPS) is 15.1. The number of ether oxygens (including phenoxy) is 1. The highest BCUT2D eigenvalue weighted by atomic mass is 32.2. The van der Waals surface area contributed by atoms with E-state index in [0.29, 0.717) is 5.69 Å². The minimum Gasteiger partial charge on any atom is -0.466 e. The summed E-state index contributed by atoms with van der Waals surface area (Å²) in [6.45, 7) is 1.61. The minimum atomic E-state index is -3.77. The highest BCUT2D eigenvalue weighted by Crippen LogP contribution is 2.24. The van der Waals surface area contributed by atoms with Crippen molar-refractivity contribution in [1.82, 2.24) is 9.62 Å². The van der Waals surface area contributed by atoms with Crippen LogP contribution in [0.3, 0.4) is 0 Å². The molecule has 10 heteroatoms. The third kappa shape index (κ3) is 5.16. The molecule has 0 aliphatic carbocycles. The van der Waals surface area contributed by atoms with Crippen molar-refractivity contribution in [3.05, 3.63) is 71.4 Å². The number of anilines is 1. The number of rotatable bonds is 9. The summed E-state index contributed by atoms with van der Waals surface area (Å²) in [7, 11) is -2.56. The summed E-state index contributed by atoms with van der Waals surface area (Å²) in [5.41, 5.74) is 1.44.